The van der Waals surface area contributed by atoms with E-state index in [0.29, 0.717) is 6.54 Å². The molecule has 0 unspecified atom stereocenters. The van der Waals surface area contributed by atoms with Crippen molar-refractivity contribution < 1.29 is 9.59 Å². The van der Waals surface area contributed by atoms with Crippen molar-refractivity contribution in [1.29, 1.82) is 0 Å². The maximum atomic E-state index is 12.2. The number of hydrogen-bond acceptors (Lipinski definition) is 3. The van der Waals surface area contributed by atoms with Crippen molar-refractivity contribution in [3.05, 3.63) is 29.0 Å². The Morgan fingerprint density at radius 3 is 2.63 bits per heavy atom. The van der Waals surface area contributed by atoms with Gasteiger partial charge in [0.15, 0.2) is 0 Å². The molecule has 1 heterocycles. The van der Waals surface area contributed by atoms with Crippen LogP contribution in [0.1, 0.15) is 31.3 Å². The number of rotatable bonds is 5. The number of carbonyl (C=O) groups is 2. The van der Waals surface area contributed by atoms with Crippen LogP contribution >= 0.6 is 11.6 Å². The maximum Gasteiger partial charge on any atom is 0.272 e. The van der Waals surface area contributed by atoms with E-state index < -0.39 is 0 Å². The Morgan fingerprint density at radius 2 is 2.11 bits per heavy atom. The first-order valence-corrected chi connectivity index (χ1v) is 6.53. The molecule has 104 valence electrons. The highest BCUT2D eigenvalue weighted by Gasteiger charge is 2.18. The van der Waals surface area contributed by atoms with Gasteiger partial charge in [0, 0.05) is 12.6 Å². The molecule has 0 bridgehead atoms. The van der Waals surface area contributed by atoms with Crippen molar-refractivity contribution >= 4 is 23.4 Å². The Kier molecular flexibility index (Phi) is 5.76. The van der Waals surface area contributed by atoms with E-state index in [1.54, 1.807) is 18.2 Å². The van der Waals surface area contributed by atoms with Crippen LogP contribution in [0.4, 0.5) is 0 Å². The third-order valence-electron chi connectivity index (χ3n) is 2.39. The smallest absolute Gasteiger partial charge is 0.272 e. The molecule has 1 aromatic heterocycles. The van der Waals surface area contributed by atoms with E-state index in [9.17, 15) is 9.59 Å². The van der Waals surface area contributed by atoms with Gasteiger partial charge in [0.25, 0.3) is 5.91 Å². The van der Waals surface area contributed by atoms with E-state index in [4.69, 9.17) is 11.6 Å². The fourth-order valence-electron chi connectivity index (χ4n) is 1.56. The predicted octanol–water partition coefficient (Wildman–Crippen LogP) is 1.72. The predicted molar refractivity (Wildman–Crippen MR) is 74.1 cm³/mol. The molecule has 0 aliphatic rings. The molecule has 2 amide bonds. The summed E-state index contributed by atoms with van der Waals surface area (Å²) in [4.78, 5) is 29.2. The fourth-order valence-corrected chi connectivity index (χ4v) is 1.72. The standard InChI is InChI=1S/C13H18ClN3O2/c1-4-17(8-12(18)15-9(2)3)13(19)10-6-5-7-11(14)16-10/h5-7,9H,4,8H2,1-3H3,(H,15,18). The molecule has 0 aromatic carbocycles. The summed E-state index contributed by atoms with van der Waals surface area (Å²) in [5, 5.41) is 3.00. The van der Waals surface area contributed by atoms with Gasteiger partial charge in [0.1, 0.15) is 10.8 Å². The average molecular weight is 284 g/mol. The molecule has 5 nitrogen and oxygen atoms in total. The lowest BCUT2D eigenvalue weighted by Crippen LogP contribution is -2.42. The second kappa shape index (κ2) is 7.09. The summed E-state index contributed by atoms with van der Waals surface area (Å²) in [5.41, 5.74) is 0.242. The van der Waals surface area contributed by atoms with Crippen LogP contribution in [0.2, 0.25) is 5.15 Å². The molecule has 0 saturated carbocycles. The molecule has 0 fully saturated rings. The highest BCUT2D eigenvalue weighted by atomic mass is 35.5. The van der Waals surface area contributed by atoms with Crippen molar-refractivity contribution in [2.45, 2.75) is 26.8 Å². The molecule has 0 spiro atoms. The van der Waals surface area contributed by atoms with Gasteiger partial charge in [-0.05, 0) is 32.9 Å². The number of halogens is 1. The minimum atomic E-state index is -0.302. The number of aromatic nitrogens is 1. The summed E-state index contributed by atoms with van der Waals surface area (Å²) in [6.07, 6.45) is 0. The zero-order valence-electron chi connectivity index (χ0n) is 11.3. The van der Waals surface area contributed by atoms with Gasteiger partial charge in [-0.2, -0.15) is 0 Å². The molecule has 0 radical (unpaired) electrons. The number of carbonyl (C=O) groups excluding carboxylic acids is 2. The molecule has 1 rings (SSSR count). The molecule has 0 aliphatic carbocycles. The largest absolute Gasteiger partial charge is 0.352 e. The summed E-state index contributed by atoms with van der Waals surface area (Å²) in [7, 11) is 0. The molecule has 0 atom stereocenters. The minimum Gasteiger partial charge on any atom is -0.352 e. The number of likely N-dealkylation sites (N-methyl/N-ethyl adjacent to an activating group) is 1. The van der Waals surface area contributed by atoms with Crippen molar-refractivity contribution in [3.8, 4) is 0 Å². The zero-order valence-corrected chi connectivity index (χ0v) is 12.1. The zero-order chi connectivity index (χ0) is 14.4. The Labute approximate surface area is 118 Å². The first kappa shape index (κ1) is 15.4. The van der Waals surface area contributed by atoms with Gasteiger partial charge in [-0.3, -0.25) is 9.59 Å². The van der Waals surface area contributed by atoms with E-state index >= 15 is 0 Å². The fraction of sp³-hybridized carbons (Fsp3) is 0.462. The molecule has 6 heteroatoms. The topological polar surface area (TPSA) is 62.3 Å². The van der Waals surface area contributed by atoms with Gasteiger partial charge >= 0.3 is 0 Å². The first-order chi connectivity index (χ1) is 8.93. The maximum absolute atomic E-state index is 12.2. The average Bonchev–Trinajstić information content (AvgIpc) is 2.34. The van der Waals surface area contributed by atoms with E-state index in [1.165, 1.54) is 4.90 Å². The number of amides is 2. The Balaban J connectivity index is 2.74. The van der Waals surface area contributed by atoms with Crippen LogP contribution in [-0.4, -0.2) is 40.8 Å². The molecular weight excluding hydrogens is 266 g/mol. The van der Waals surface area contributed by atoms with Crippen LogP contribution in [0.5, 0.6) is 0 Å². The second-order valence-electron chi connectivity index (χ2n) is 4.39. The molecule has 0 aliphatic heterocycles. The van der Waals surface area contributed by atoms with E-state index in [-0.39, 0.29) is 35.2 Å². The highest BCUT2D eigenvalue weighted by Crippen LogP contribution is 2.07. The Hall–Kier alpha value is -1.62. The quantitative estimate of drug-likeness (QED) is 0.837. The third kappa shape index (κ3) is 4.87. The number of pyridine rings is 1. The van der Waals surface area contributed by atoms with Crippen molar-refractivity contribution in [1.82, 2.24) is 15.2 Å². The van der Waals surface area contributed by atoms with Crippen molar-refractivity contribution in [2.75, 3.05) is 13.1 Å². The molecule has 0 saturated heterocycles. The summed E-state index contributed by atoms with van der Waals surface area (Å²) in [6.45, 7) is 5.99. The van der Waals surface area contributed by atoms with Crippen molar-refractivity contribution in [2.24, 2.45) is 0 Å². The lowest BCUT2D eigenvalue weighted by Gasteiger charge is -2.20. The Bertz CT molecular complexity index is 463. The van der Waals surface area contributed by atoms with Gasteiger partial charge in [-0.15, -0.1) is 0 Å². The van der Waals surface area contributed by atoms with Gasteiger partial charge in [0.2, 0.25) is 5.91 Å². The number of nitrogens with zero attached hydrogens (tertiary/aromatic N) is 2. The molecule has 19 heavy (non-hydrogen) atoms. The van der Waals surface area contributed by atoms with Gasteiger partial charge < -0.3 is 10.2 Å². The second-order valence-corrected chi connectivity index (χ2v) is 4.77. The third-order valence-corrected chi connectivity index (χ3v) is 2.60. The van der Waals surface area contributed by atoms with Crippen LogP contribution in [0, 0.1) is 0 Å². The van der Waals surface area contributed by atoms with Crippen LogP contribution in [-0.2, 0) is 4.79 Å². The first-order valence-electron chi connectivity index (χ1n) is 6.15. The van der Waals surface area contributed by atoms with Crippen LogP contribution in [0.25, 0.3) is 0 Å². The van der Waals surface area contributed by atoms with Crippen molar-refractivity contribution in [3.63, 3.8) is 0 Å². The molecule has 1 aromatic rings. The number of hydrogen-bond donors (Lipinski definition) is 1. The molecule has 1 N–H and O–H groups in total. The monoisotopic (exact) mass is 283 g/mol. The summed E-state index contributed by atoms with van der Waals surface area (Å²) >= 11 is 5.75. The van der Waals surface area contributed by atoms with E-state index in [0.717, 1.165) is 0 Å². The SMILES string of the molecule is CCN(CC(=O)NC(C)C)C(=O)c1cccc(Cl)n1. The summed E-state index contributed by atoms with van der Waals surface area (Å²) < 4.78 is 0. The number of nitrogens with one attached hydrogen (secondary N) is 1. The van der Waals surface area contributed by atoms with Crippen LogP contribution in [0.15, 0.2) is 18.2 Å². The van der Waals surface area contributed by atoms with Crippen LogP contribution in [0.3, 0.4) is 0 Å². The molecular formula is C13H18ClN3O2. The minimum absolute atomic E-state index is 0.0156. The van der Waals surface area contributed by atoms with E-state index in [2.05, 4.69) is 10.3 Å². The van der Waals surface area contributed by atoms with E-state index in [1.807, 2.05) is 20.8 Å². The lowest BCUT2D eigenvalue weighted by atomic mass is 10.3. The van der Waals surface area contributed by atoms with Gasteiger partial charge in [0.05, 0.1) is 6.54 Å². The lowest BCUT2D eigenvalue weighted by molar-refractivity contribution is -0.122. The highest BCUT2D eigenvalue weighted by molar-refractivity contribution is 6.29. The summed E-state index contributed by atoms with van der Waals surface area (Å²) in [6, 6.07) is 4.88. The van der Waals surface area contributed by atoms with Gasteiger partial charge in [-0.1, -0.05) is 17.7 Å². The normalized spacial score (nSPS) is 10.4. The van der Waals surface area contributed by atoms with Gasteiger partial charge in [-0.25, -0.2) is 4.98 Å². The Morgan fingerprint density at radius 1 is 1.42 bits per heavy atom. The summed E-state index contributed by atoms with van der Waals surface area (Å²) in [5.74, 6) is -0.490. The van der Waals surface area contributed by atoms with Crippen LogP contribution < -0.4 is 5.32 Å².